The molecule has 78 valence electrons. The lowest BCUT2D eigenvalue weighted by molar-refractivity contribution is 0.112. The first-order valence-corrected chi connectivity index (χ1v) is 4.72. The first-order valence-electron chi connectivity index (χ1n) is 4.72. The maximum atomic E-state index is 10.8. The Labute approximate surface area is 90.3 Å². The number of rotatable bonds is 2. The molecule has 0 atom stereocenters. The van der Waals surface area contributed by atoms with Crippen molar-refractivity contribution in [3.63, 3.8) is 0 Å². The summed E-state index contributed by atoms with van der Waals surface area (Å²) < 4.78 is 6.88. The summed E-state index contributed by atoms with van der Waals surface area (Å²) >= 11 is 0. The van der Waals surface area contributed by atoms with Gasteiger partial charge in [0.1, 0.15) is 5.69 Å². The first-order chi connectivity index (χ1) is 7.90. The topological polar surface area (TPSA) is 60.4 Å². The van der Waals surface area contributed by atoms with E-state index in [4.69, 9.17) is 4.42 Å². The van der Waals surface area contributed by atoms with E-state index in [1.807, 2.05) is 6.07 Å². The van der Waals surface area contributed by atoms with Gasteiger partial charge in [0.15, 0.2) is 17.7 Å². The highest BCUT2D eigenvalue weighted by Crippen LogP contribution is 2.20. The van der Waals surface area contributed by atoms with Gasteiger partial charge in [0, 0.05) is 6.20 Å². The number of aldehydes is 1. The van der Waals surface area contributed by atoms with Gasteiger partial charge in [-0.15, -0.1) is 0 Å². The predicted octanol–water partition coefficient (Wildman–Crippen LogP) is 1.80. The van der Waals surface area contributed by atoms with Crippen molar-refractivity contribution in [2.75, 3.05) is 0 Å². The van der Waals surface area contributed by atoms with Crippen LogP contribution in [0.25, 0.3) is 17.1 Å². The zero-order valence-corrected chi connectivity index (χ0v) is 8.20. The summed E-state index contributed by atoms with van der Waals surface area (Å²) in [7, 11) is 0. The number of nitrogens with zero attached hydrogens (tertiary/aromatic N) is 3. The molecule has 3 heterocycles. The highest BCUT2D eigenvalue weighted by atomic mass is 16.3. The van der Waals surface area contributed by atoms with Crippen molar-refractivity contribution < 1.29 is 9.21 Å². The van der Waals surface area contributed by atoms with Crippen molar-refractivity contribution in [3.05, 3.63) is 42.4 Å². The Balaban J connectivity index is 2.34. The van der Waals surface area contributed by atoms with Crippen LogP contribution in [0.3, 0.4) is 0 Å². The summed E-state index contributed by atoms with van der Waals surface area (Å²) in [5.74, 6) is 0.688. The summed E-state index contributed by atoms with van der Waals surface area (Å²) in [4.78, 5) is 14.9. The zero-order valence-electron chi connectivity index (χ0n) is 8.20. The van der Waals surface area contributed by atoms with Crippen LogP contribution in [0.1, 0.15) is 10.4 Å². The largest absolute Gasteiger partial charge is 0.463 e. The van der Waals surface area contributed by atoms with Gasteiger partial charge in [-0.05, 0) is 18.2 Å². The number of fused-ring (bicyclic) bond motifs is 1. The lowest BCUT2D eigenvalue weighted by Gasteiger charge is -2.00. The molecule has 0 N–H and O–H groups in total. The van der Waals surface area contributed by atoms with Crippen LogP contribution < -0.4 is 0 Å². The monoisotopic (exact) mass is 213 g/mol. The van der Waals surface area contributed by atoms with Crippen LogP contribution in [0.4, 0.5) is 0 Å². The van der Waals surface area contributed by atoms with Gasteiger partial charge in [0.25, 0.3) is 0 Å². The van der Waals surface area contributed by atoms with E-state index >= 15 is 0 Å². The molecule has 0 fully saturated rings. The second-order valence-electron chi connectivity index (χ2n) is 3.26. The Hall–Kier alpha value is -2.43. The minimum Gasteiger partial charge on any atom is -0.463 e. The molecule has 0 aromatic carbocycles. The van der Waals surface area contributed by atoms with E-state index in [-0.39, 0.29) is 0 Å². The van der Waals surface area contributed by atoms with Crippen molar-refractivity contribution in [2.24, 2.45) is 0 Å². The Morgan fingerprint density at radius 3 is 3.06 bits per heavy atom. The maximum Gasteiger partial charge on any atom is 0.166 e. The van der Waals surface area contributed by atoms with E-state index in [0.717, 1.165) is 12.0 Å². The van der Waals surface area contributed by atoms with Crippen molar-refractivity contribution in [1.82, 2.24) is 14.6 Å². The SMILES string of the molecule is O=Cc1cnn2c(-c3ccco3)ccnc12. The Morgan fingerprint density at radius 1 is 1.38 bits per heavy atom. The van der Waals surface area contributed by atoms with E-state index in [0.29, 0.717) is 17.0 Å². The van der Waals surface area contributed by atoms with Crippen LogP contribution in [0.15, 0.2) is 41.3 Å². The van der Waals surface area contributed by atoms with Gasteiger partial charge in [-0.25, -0.2) is 9.50 Å². The van der Waals surface area contributed by atoms with Gasteiger partial charge >= 0.3 is 0 Å². The third kappa shape index (κ3) is 1.15. The van der Waals surface area contributed by atoms with E-state index in [2.05, 4.69) is 10.1 Å². The third-order valence-electron chi connectivity index (χ3n) is 2.33. The number of carbonyl (C=O) groups is 1. The molecule has 0 aliphatic rings. The van der Waals surface area contributed by atoms with Gasteiger partial charge in [0.05, 0.1) is 18.0 Å². The number of carbonyl (C=O) groups excluding carboxylic acids is 1. The number of hydrogen-bond donors (Lipinski definition) is 0. The van der Waals surface area contributed by atoms with Crippen LogP contribution in [0, 0.1) is 0 Å². The fourth-order valence-corrected chi connectivity index (χ4v) is 1.60. The van der Waals surface area contributed by atoms with E-state index < -0.39 is 0 Å². The zero-order chi connectivity index (χ0) is 11.0. The van der Waals surface area contributed by atoms with Crippen molar-refractivity contribution in [2.45, 2.75) is 0 Å². The average Bonchev–Trinajstić information content (AvgIpc) is 2.97. The molecule has 0 amide bonds. The van der Waals surface area contributed by atoms with E-state index in [1.54, 1.807) is 29.1 Å². The minimum atomic E-state index is 0.466. The van der Waals surface area contributed by atoms with Gasteiger partial charge in [0.2, 0.25) is 0 Å². The van der Waals surface area contributed by atoms with Crippen molar-refractivity contribution >= 4 is 11.9 Å². The van der Waals surface area contributed by atoms with Crippen molar-refractivity contribution in [1.29, 1.82) is 0 Å². The molecule has 0 radical (unpaired) electrons. The normalized spacial score (nSPS) is 10.8. The summed E-state index contributed by atoms with van der Waals surface area (Å²) in [6.07, 6.45) is 5.44. The predicted molar refractivity (Wildman–Crippen MR) is 56.1 cm³/mol. The highest BCUT2D eigenvalue weighted by Gasteiger charge is 2.10. The third-order valence-corrected chi connectivity index (χ3v) is 2.33. The van der Waals surface area contributed by atoms with E-state index in [9.17, 15) is 4.79 Å². The molecule has 0 bridgehead atoms. The fourth-order valence-electron chi connectivity index (χ4n) is 1.60. The van der Waals surface area contributed by atoms with Crippen LogP contribution in [-0.2, 0) is 0 Å². The van der Waals surface area contributed by atoms with Crippen molar-refractivity contribution in [3.8, 4) is 11.5 Å². The van der Waals surface area contributed by atoms with Crippen LogP contribution in [0.2, 0.25) is 0 Å². The molecular weight excluding hydrogens is 206 g/mol. The maximum absolute atomic E-state index is 10.8. The molecule has 0 spiro atoms. The highest BCUT2D eigenvalue weighted by molar-refractivity contribution is 5.84. The molecule has 0 aliphatic carbocycles. The van der Waals surface area contributed by atoms with Crippen LogP contribution >= 0.6 is 0 Å². The number of hydrogen-bond acceptors (Lipinski definition) is 4. The molecule has 5 nitrogen and oxygen atoms in total. The standard InChI is InChI=1S/C11H7N3O2/c15-7-8-6-13-14-9(3-4-12-11(8)14)10-2-1-5-16-10/h1-7H. The Morgan fingerprint density at radius 2 is 2.31 bits per heavy atom. The molecule has 0 saturated heterocycles. The number of furan rings is 1. The minimum absolute atomic E-state index is 0.466. The molecule has 3 aromatic rings. The summed E-state index contributed by atoms with van der Waals surface area (Å²) in [5.41, 5.74) is 1.76. The molecule has 0 saturated carbocycles. The first kappa shape index (κ1) is 8.84. The van der Waals surface area contributed by atoms with Crippen LogP contribution in [0.5, 0.6) is 0 Å². The quantitative estimate of drug-likeness (QED) is 0.609. The van der Waals surface area contributed by atoms with Gasteiger partial charge < -0.3 is 4.42 Å². The molecule has 5 heteroatoms. The lowest BCUT2D eigenvalue weighted by Crippen LogP contribution is -1.95. The molecule has 3 rings (SSSR count). The molecular formula is C11H7N3O2. The Kier molecular flexibility index (Phi) is 1.83. The van der Waals surface area contributed by atoms with Gasteiger partial charge in [-0.2, -0.15) is 5.10 Å². The van der Waals surface area contributed by atoms with Gasteiger partial charge in [-0.3, -0.25) is 4.79 Å². The lowest BCUT2D eigenvalue weighted by atomic mass is 10.3. The molecule has 0 aliphatic heterocycles. The summed E-state index contributed by atoms with van der Waals surface area (Å²) in [5, 5.41) is 4.11. The second-order valence-corrected chi connectivity index (χ2v) is 3.26. The van der Waals surface area contributed by atoms with E-state index in [1.165, 1.54) is 6.20 Å². The fraction of sp³-hybridized carbons (Fsp3) is 0. The van der Waals surface area contributed by atoms with Gasteiger partial charge in [-0.1, -0.05) is 0 Å². The molecule has 0 unspecified atom stereocenters. The number of aromatic nitrogens is 3. The molecule has 3 aromatic heterocycles. The smallest absolute Gasteiger partial charge is 0.166 e. The summed E-state index contributed by atoms with van der Waals surface area (Å²) in [6, 6.07) is 5.41. The average molecular weight is 213 g/mol. The molecule has 16 heavy (non-hydrogen) atoms. The summed E-state index contributed by atoms with van der Waals surface area (Å²) in [6.45, 7) is 0. The van der Waals surface area contributed by atoms with Crippen LogP contribution in [-0.4, -0.2) is 20.9 Å². The second kappa shape index (κ2) is 3.30. The Bertz CT molecular complexity index is 640.